The molecule has 0 saturated heterocycles. The van der Waals surface area contributed by atoms with Gasteiger partial charge in [0.15, 0.2) is 0 Å². The first-order valence-corrected chi connectivity index (χ1v) is 11.4. The first kappa shape index (κ1) is 20.1. The third-order valence-corrected chi connectivity index (χ3v) is 7.09. The number of likely N-dealkylation sites (N-methyl/N-ethyl adjacent to an activating group) is 1. The monoisotopic (exact) mass is 426 g/mol. The molecule has 0 heterocycles. The van der Waals surface area contributed by atoms with Gasteiger partial charge < -0.3 is 0 Å². The van der Waals surface area contributed by atoms with Crippen molar-refractivity contribution in [3.05, 3.63) is 101 Å². The van der Waals surface area contributed by atoms with Crippen molar-refractivity contribution < 1.29 is 8.42 Å². The Balaban J connectivity index is 1.63. The molecule has 3 aromatic carbocycles. The van der Waals surface area contributed by atoms with E-state index in [-0.39, 0.29) is 17.0 Å². The molecule has 0 amide bonds. The number of benzene rings is 3. The van der Waals surface area contributed by atoms with E-state index in [1.165, 1.54) is 5.56 Å². The summed E-state index contributed by atoms with van der Waals surface area (Å²) in [7, 11) is -1.58. The molecule has 0 fully saturated rings. The second-order valence-electron chi connectivity index (χ2n) is 7.43. The Kier molecular flexibility index (Phi) is 5.74. The largest absolute Gasteiger partial charge is 0.293 e. The fourth-order valence-electron chi connectivity index (χ4n) is 4.11. The highest BCUT2D eigenvalue weighted by Gasteiger charge is 2.37. The second kappa shape index (κ2) is 8.28. The molecule has 0 radical (unpaired) electrons. The average molecular weight is 427 g/mol. The van der Waals surface area contributed by atoms with Gasteiger partial charge in [-0.3, -0.25) is 4.90 Å². The molecule has 1 N–H and O–H groups in total. The molecule has 1 aliphatic carbocycles. The van der Waals surface area contributed by atoms with Gasteiger partial charge in [-0.25, -0.2) is 13.1 Å². The number of hydrogen-bond acceptors (Lipinski definition) is 3. The molecular formula is C23H23ClN2O2S. The Hall–Kier alpha value is -2.18. The Labute approximate surface area is 177 Å². The SMILES string of the molecule is CN(Cc1cccc(Cl)c1)[C@H]1c2ccccc2C[C@H]1NS(=O)(=O)c1ccccc1. The highest BCUT2D eigenvalue weighted by molar-refractivity contribution is 7.89. The number of nitrogens with zero attached hydrogens (tertiary/aromatic N) is 1. The van der Waals surface area contributed by atoms with E-state index in [1.807, 2.05) is 49.5 Å². The third-order valence-electron chi connectivity index (χ3n) is 5.35. The molecule has 1 aliphatic rings. The minimum atomic E-state index is -3.61. The standard InChI is InChI=1S/C23H23ClN2O2S/c1-26(16-17-8-7-10-19(24)14-17)23-21-13-6-5-9-18(21)15-22(23)25-29(27,28)20-11-3-2-4-12-20/h2-14,22-23,25H,15-16H2,1H3/t22-,23+/m1/s1. The summed E-state index contributed by atoms with van der Waals surface area (Å²) >= 11 is 6.14. The minimum absolute atomic E-state index is 0.0660. The third kappa shape index (κ3) is 4.38. The van der Waals surface area contributed by atoms with E-state index < -0.39 is 10.0 Å². The fourth-order valence-corrected chi connectivity index (χ4v) is 5.59. The van der Waals surface area contributed by atoms with E-state index in [0.717, 1.165) is 11.1 Å². The van der Waals surface area contributed by atoms with E-state index in [4.69, 9.17) is 11.6 Å². The summed E-state index contributed by atoms with van der Waals surface area (Å²) in [6.07, 6.45) is 0.660. The van der Waals surface area contributed by atoms with E-state index in [0.29, 0.717) is 18.0 Å². The van der Waals surface area contributed by atoms with Crippen molar-refractivity contribution in [3.63, 3.8) is 0 Å². The maximum Gasteiger partial charge on any atom is 0.240 e. The summed E-state index contributed by atoms with van der Waals surface area (Å²) in [5.41, 5.74) is 3.43. The van der Waals surface area contributed by atoms with E-state index in [1.54, 1.807) is 24.3 Å². The quantitative estimate of drug-likeness (QED) is 0.634. The van der Waals surface area contributed by atoms with Crippen molar-refractivity contribution in [2.24, 2.45) is 0 Å². The molecule has 29 heavy (non-hydrogen) atoms. The van der Waals surface area contributed by atoms with Gasteiger partial charge in [0.25, 0.3) is 0 Å². The van der Waals surface area contributed by atoms with Gasteiger partial charge in [0.05, 0.1) is 10.9 Å². The van der Waals surface area contributed by atoms with E-state index >= 15 is 0 Å². The summed E-state index contributed by atoms with van der Waals surface area (Å²) in [5, 5.41) is 0.698. The molecule has 4 nitrogen and oxygen atoms in total. The van der Waals surface area contributed by atoms with Gasteiger partial charge in [0.2, 0.25) is 10.0 Å². The number of hydrogen-bond donors (Lipinski definition) is 1. The van der Waals surface area contributed by atoms with Gasteiger partial charge in [-0.15, -0.1) is 0 Å². The molecule has 0 unspecified atom stereocenters. The average Bonchev–Trinajstić information content (AvgIpc) is 3.06. The van der Waals surface area contributed by atoms with Crippen molar-refractivity contribution in [3.8, 4) is 0 Å². The summed E-state index contributed by atoms with van der Waals surface area (Å²) in [6.45, 7) is 0.670. The highest BCUT2D eigenvalue weighted by Crippen LogP contribution is 2.37. The lowest BCUT2D eigenvalue weighted by atomic mass is 10.0. The van der Waals surface area contributed by atoms with Crippen LogP contribution in [0.5, 0.6) is 0 Å². The summed E-state index contributed by atoms with van der Waals surface area (Å²) in [6, 6.07) is 24.2. The lowest BCUT2D eigenvalue weighted by Crippen LogP contribution is -2.43. The maximum absolute atomic E-state index is 13.0. The first-order valence-electron chi connectivity index (χ1n) is 9.54. The molecule has 6 heteroatoms. The van der Waals surface area contributed by atoms with Crippen molar-refractivity contribution in [1.29, 1.82) is 0 Å². The summed E-state index contributed by atoms with van der Waals surface area (Å²) in [5.74, 6) is 0. The molecule has 4 rings (SSSR count). The zero-order valence-electron chi connectivity index (χ0n) is 16.1. The smallest absolute Gasteiger partial charge is 0.240 e. The molecule has 0 aliphatic heterocycles. The summed E-state index contributed by atoms with van der Waals surface area (Å²) in [4.78, 5) is 2.47. The fraction of sp³-hybridized carbons (Fsp3) is 0.217. The lowest BCUT2D eigenvalue weighted by Gasteiger charge is -2.31. The van der Waals surface area contributed by atoms with Gasteiger partial charge in [0, 0.05) is 17.6 Å². The molecule has 3 aromatic rings. The zero-order chi connectivity index (χ0) is 20.4. The molecular weight excluding hydrogens is 404 g/mol. The van der Waals surface area contributed by atoms with Crippen LogP contribution in [-0.4, -0.2) is 26.4 Å². The van der Waals surface area contributed by atoms with Crippen LogP contribution in [0.1, 0.15) is 22.7 Å². The lowest BCUT2D eigenvalue weighted by molar-refractivity contribution is 0.209. The van der Waals surface area contributed by atoms with Crippen molar-refractivity contribution in [2.45, 2.75) is 29.9 Å². The Morgan fingerprint density at radius 2 is 1.72 bits per heavy atom. The molecule has 0 saturated carbocycles. The van der Waals surface area contributed by atoms with E-state index in [2.05, 4.69) is 21.8 Å². The molecule has 0 bridgehead atoms. The number of fused-ring (bicyclic) bond motifs is 1. The Morgan fingerprint density at radius 1 is 1.00 bits per heavy atom. The Morgan fingerprint density at radius 3 is 2.48 bits per heavy atom. The molecule has 0 aromatic heterocycles. The van der Waals surface area contributed by atoms with Crippen molar-refractivity contribution in [1.82, 2.24) is 9.62 Å². The van der Waals surface area contributed by atoms with Crippen LogP contribution in [0.3, 0.4) is 0 Å². The van der Waals surface area contributed by atoms with Gasteiger partial charge in [-0.1, -0.05) is 66.2 Å². The van der Waals surface area contributed by atoms with Crippen LogP contribution in [0.25, 0.3) is 0 Å². The van der Waals surface area contributed by atoms with Crippen LogP contribution in [-0.2, 0) is 23.0 Å². The van der Waals surface area contributed by atoms with Crippen molar-refractivity contribution in [2.75, 3.05) is 7.05 Å². The maximum atomic E-state index is 13.0. The molecule has 150 valence electrons. The predicted octanol–water partition coefficient (Wildman–Crippen LogP) is 4.42. The second-order valence-corrected chi connectivity index (χ2v) is 9.58. The van der Waals surface area contributed by atoms with Gasteiger partial charge >= 0.3 is 0 Å². The number of rotatable bonds is 6. The topological polar surface area (TPSA) is 49.4 Å². The van der Waals surface area contributed by atoms with Crippen LogP contribution >= 0.6 is 11.6 Å². The Bertz CT molecular complexity index is 1100. The van der Waals surface area contributed by atoms with Crippen molar-refractivity contribution >= 4 is 21.6 Å². The normalized spacial score (nSPS) is 18.7. The predicted molar refractivity (Wildman–Crippen MR) is 116 cm³/mol. The zero-order valence-corrected chi connectivity index (χ0v) is 17.7. The van der Waals surface area contributed by atoms with Crippen LogP contribution in [0.4, 0.5) is 0 Å². The minimum Gasteiger partial charge on any atom is -0.293 e. The van der Waals surface area contributed by atoms with Gasteiger partial charge in [0.1, 0.15) is 0 Å². The number of halogens is 1. The first-order chi connectivity index (χ1) is 13.9. The number of sulfonamides is 1. The summed E-state index contributed by atoms with van der Waals surface area (Å²) < 4.78 is 28.9. The molecule has 0 spiro atoms. The van der Waals surface area contributed by atoms with E-state index in [9.17, 15) is 8.42 Å². The number of nitrogens with one attached hydrogen (secondary N) is 1. The van der Waals surface area contributed by atoms with Crippen LogP contribution in [0, 0.1) is 0 Å². The molecule has 2 atom stereocenters. The van der Waals surface area contributed by atoms with Crippen LogP contribution < -0.4 is 4.72 Å². The van der Waals surface area contributed by atoms with Gasteiger partial charge in [-0.2, -0.15) is 0 Å². The van der Waals surface area contributed by atoms with Crippen LogP contribution in [0.2, 0.25) is 5.02 Å². The van der Waals surface area contributed by atoms with Crippen LogP contribution in [0.15, 0.2) is 83.8 Å². The highest BCUT2D eigenvalue weighted by atomic mass is 35.5. The van der Waals surface area contributed by atoms with Gasteiger partial charge in [-0.05, 0) is 54.4 Å².